The van der Waals surface area contributed by atoms with E-state index in [0.29, 0.717) is 15.6 Å². The van der Waals surface area contributed by atoms with E-state index in [1.807, 2.05) is 0 Å². The average Bonchev–Trinajstić information content (AvgIpc) is 2.38. The molecule has 0 aliphatic carbocycles. The quantitative estimate of drug-likeness (QED) is 0.772. The van der Waals surface area contributed by atoms with Gasteiger partial charge in [0.1, 0.15) is 6.54 Å². The fraction of sp³-hybridized carbons (Fsp3) is 0.417. The Kier molecular flexibility index (Phi) is 2.96. The summed E-state index contributed by atoms with van der Waals surface area (Å²) in [5.41, 5.74) is 0.0152. The lowest BCUT2D eigenvalue weighted by molar-refractivity contribution is -0.149. The van der Waals surface area contributed by atoms with Gasteiger partial charge < -0.3 is 4.90 Å². The van der Waals surface area contributed by atoms with Crippen LogP contribution in [0.1, 0.15) is 29.8 Å². The zero-order valence-corrected chi connectivity index (χ0v) is 11.4. The van der Waals surface area contributed by atoms with Crippen molar-refractivity contribution in [1.82, 2.24) is 4.90 Å². The molecule has 1 heterocycles. The van der Waals surface area contributed by atoms with Crippen LogP contribution in [0.2, 0.25) is 0 Å². The van der Waals surface area contributed by atoms with Crippen LogP contribution in [0, 0.1) is 0 Å². The lowest BCUT2D eigenvalue weighted by Crippen LogP contribution is -2.44. The van der Waals surface area contributed by atoms with Gasteiger partial charge >= 0.3 is 6.18 Å². The first-order valence-corrected chi connectivity index (χ1v) is 6.11. The monoisotopic (exact) mass is 321 g/mol. The molecule has 1 amide bonds. The summed E-state index contributed by atoms with van der Waals surface area (Å²) in [6, 6.07) is 4.98. The number of nitrogens with zero attached hydrogens (tertiary/aromatic N) is 1. The molecule has 2 rings (SSSR count). The average molecular weight is 322 g/mol. The largest absolute Gasteiger partial charge is 0.406 e. The maximum Gasteiger partial charge on any atom is 0.406 e. The molecule has 2 nitrogen and oxygen atoms in total. The molecule has 98 valence electrons. The van der Waals surface area contributed by atoms with Crippen LogP contribution in [0.15, 0.2) is 22.7 Å². The predicted octanol–water partition coefficient (Wildman–Crippen LogP) is 3.70. The minimum atomic E-state index is -4.40. The lowest BCUT2D eigenvalue weighted by Gasteiger charge is -2.33. The number of hydrogen-bond acceptors (Lipinski definition) is 1. The van der Waals surface area contributed by atoms with Crippen LogP contribution in [-0.4, -0.2) is 23.5 Å². The van der Waals surface area contributed by atoms with E-state index in [1.54, 1.807) is 32.0 Å². The molecular formula is C12H11BrF3NO. The maximum atomic E-state index is 12.5. The highest BCUT2D eigenvalue weighted by Crippen LogP contribution is 2.41. The number of halogens is 4. The highest BCUT2D eigenvalue weighted by atomic mass is 79.9. The Morgan fingerprint density at radius 2 is 1.94 bits per heavy atom. The third kappa shape index (κ3) is 2.13. The Labute approximate surface area is 111 Å². The van der Waals surface area contributed by atoms with Crippen molar-refractivity contribution in [2.45, 2.75) is 25.6 Å². The fourth-order valence-corrected chi connectivity index (χ4v) is 2.58. The SMILES string of the molecule is CC1(C)c2ccc(Br)cc2C(=O)N1CC(F)(F)F. The zero-order valence-electron chi connectivity index (χ0n) is 9.81. The topological polar surface area (TPSA) is 20.3 Å². The molecule has 1 aromatic rings. The van der Waals surface area contributed by atoms with Crippen LogP contribution < -0.4 is 0 Å². The van der Waals surface area contributed by atoms with E-state index in [4.69, 9.17) is 0 Å². The summed E-state index contributed by atoms with van der Waals surface area (Å²) in [5.74, 6) is -0.575. The van der Waals surface area contributed by atoms with Gasteiger partial charge in [-0.1, -0.05) is 22.0 Å². The van der Waals surface area contributed by atoms with E-state index in [-0.39, 0.29) is 0 Å². The van der Waals surface area contributed by atoms with E-state index in [0.717, 1.165) is 4.90 Å². The Hall–Kier alpha value is -1.04. The van der Waals surface area contributed by atoms with Gasteiger partial charge in [-0.2, -0.15) is 13.2 Å². The zero-order chi connectivity index (χ0) is 13.7. The molecule has 0 unspecified atom stereocenters. The van der Waals surface area contributed by atoms with Gasteiger partial charge in [-0.3, -0.25) is 4.79 Å². The molecule has 0 N–H and O–H groups in total. The number of benzene rings is 1. The Bertz CT molecular complexity index is 511. The van der Waals surface area contributed by atoms with Crippen molar-refractivity contribution in [3.8, 4) is 0 Å². The van der Waals surface area contributed by atoms with Crippen molar-refractivity contribution in [3.05, 3.63) is 33.8 Å². The molecule has 0 atom stereocenters. The van der Waals surface area contributed by atoms with E-state index in [2.05, 4.69) is 15.9 Å². The number of rotatable bonds is 1. The normalized spacial score (nSPS) is 18.1. The molecule has 0 spiro atoms. The Morgan fingerprint density at radius 1 is 1.33 bits per heavy atom. The van der Waals surface area contributed by atoms with Gasteiger partial charge in [0.2, 0.25) is 0 Å². The molecule has 1 aromatic carbocycles. The van der Waals surface area contributed by atoms with Crippen molar-refractivity contribution in [3.63, 3.8) is 0 Å². The molecule has 0 saturated heterocycles. The van der Waals surface area contributed by atoms with E-state index in [9.17, 15) is 18.0 Å². The molecule has 0 saturated carbocycles. The smallest absolute Gasteiger partial charge is 0.320 e. The summed E-state index contributed by atoms with van der Waals surface area (Å²) in [5, 5.41) is 0. The van der Waals surface area contributed by atoms with E-state index in [1.165, 1.54) is 0 Å². The van der Waals surface area contributed by atoms with Crippen molar-refractivity contribution in [2.24, 2.45) is 0 Å². The van der Waals surface area contributed by atoms with E-state index >= 15 is 0 Å². The molecule has 18 heavy (non-hydrogen) atoms. The minimum Gasteiger partial charge on any atom is -0.320 e. The van der Waals surface area contributed by atoms with Crippen molar-refractivity contribution in [2.75, 3.05) is 6.54 Å². The maximum absolute atomic E-state index is 12.5. The molecule has 0 bridgehead atoms. The summed E-state index contributed by atoms with van der Waals surface area (Å²) in [6.45, 7) is 2.01. The second kappa shape index (κ2) is 3.98. The molecule has 0 aromatic heterocycles. The molecule has 6 heteroatoms. The standard InChI is InChI=1S/C12H11BrF3NO/c1-11(2)9-4-3-7(13)5-8(9)10(18)17(11)6-12(14,15)16/h3-5H,6H2,1-2H3. The third-order valence-corrected chi connectivity index (χ3v) is 3.62. The minimum absolute atomic E-state index is 0.332. The molecule has 1 aliphatic heterocycles. The second-order valence-corrected chi connectivity index (χ2v) is 5.67. The highest BCUT2D eigenvalue weighted by Gasteiger charge is 2.47. The van der Waals surface area contributed by atoms with Crippen LogP contribution in [0.4, 0.5) is 13.2 Å². The molecule has 0 radical (unpaired) electrons. The Balaban J connectivity index is 2.47. The van der Waals surface area contributed by atoms with Gasteiger partial charge in [0.15, 0.2) is 0 Å². The van der Waals surface area contributed by atoms with Gasteiger partial charge in [0.05, 0.1) is 5.54 Å². The predicted molar refractivity (Wildman–Crippen MR) is 64.3 cm³/mol. The van der Waals surface area contributed by atoms with Gasteiger partial charge in [0, 0.05) is 10.0 Å². The second-order valence-electron chi connectivity index (χ2n) is 4.76. The number of carbonyl (C=O) groups excluding carboxylic acids is 1. The molecular weight excluding hydrogens is 311 g/mol. The fourth-order valence-electron chi connectivity index (χ4n) is 2.22. The van der Waals surface area contributed by atoms with Crippen LogP contribution in [0.25, 0.3) is 0 Å². The molecule has 0 fully saturated rings. The number of alkyl halides is 3. The van der Waals surface area contributed by atoms with Gasteiger partial charge in [-0.05, 0) is 31.5 Å². The van der Waals surface area contributed by atoms with Gasteiger partial charge in [-0.25, -0.2) is 0 Å². The van der Waals surface area contributed by atoms with Crippen LogP contribution >= 0.6 is 15.9 Å². The van der Waals surface area contributed by atoms with Gasteiger partial charge in [-0.15, -0.1) is 0 Å². The summed E-state index contributed by atoms with van der Waals surface area (Å²) in [7, 11) is 0. The first-order valence-electron chi connectivity index (χ1n) is 5.32. The number of carbonyl (C=O) groups is 1. The summed E-state index contributed by atoms with van der Waals surface area (Å²) >= 11 is 3.22. The third-order valence-electron chi connectivity index (χ3n) is 3.13. The Morgan fingerprint density at radius 3 is 2.50 bits per heavy atom. The van der Waals surface area contributed by atoms with Crippen molar-refractivity contribution < 1.29 is 18.0 Å². The first kappa shape index (κ1) is 13.4. The molecule has 1 aliphatic rings. The van der Waals surface area contributed by atoms with Crippen LogP contribution in [0.5, 0.6) is 0 Å². The number of hydrogen-bond donors (Lipinski definition) is 0. The number of fused-ring (bicyclic) bond motifs is 1. The summed E-state index contributed by atoms with van der Waals surface area (Å²) in [4.78, 5) is 12.9. The number of amides is 1. The summed E-state index contributed by atoms with van der Waals surface area (Å²) in [6.07, 6.45) is -4.40. The van der Waals surface area contributed by atoms with Crippen LogP contribution in [0.3, 0.4) is 0 Å². The van der Waals surface area contributed by atoms with Crippen molar-refractivity contribution in [1.29, 1.82) is 0 Å². The van der Waals surface area contributed by atoms with Crippen molar-refractivity contribution >= 4 is 21.8 Å². The summed E-state index contributed by atoms with van der Waals surface area (Å²) < 4.78 is 38.3. The van der Waals surface area contributed by atoms with Crippen LogP contribution in [-0.2, 0) is 5.54 Å². The lowest BCUT2D eigenvalue weighted by atomic mass is 9.94. The first-order chi connectivity index (χ1) is 8.13. The van der Waals surface area contributed by atoms with E-state index < -0.39 is 24.2 Å². The highest BCUT2D eigenvalue weighted by molar-refractivity contribution is 9.10. The van der Waals surface area contributed by atoms with Gasteiger partial charge in [0.25, 0.3) is 5.91 Å².